The first-order valence-corrected chi connectivity index (χ1v) is 10.9. The van der Waals surface area contributed by atoms with Crippen molar-refractivity contribution in [3.05, 3.63) is 70.8 Å². The summed E-state index contributed by atoms with van der Waals surface area (Å²) < 4.78 is 23.2. The highest BCUT2D eigenvalue weighted by Gasteiger charge is 2.13. The lowest BCUT2D eigenvalue weighted by molar-refractivity contribution is 0.242. The van der Waals surface area contributed by atoms with Crippen LogP contribution in [0.1, 0.15) is 19.7 Å². The van der Waals surface area contributed by atoms with E-state index in [2.05, 4.69) is 15.2 Å². The number of nitrogens with zero attached hydrogens (tertiary/aromatic N) is 4. The number of benzene rings is 2. The SMILES string of the molecule is COc1ccc(OC)c(-c2ccc(=O)n(CCc3nc(-c4ccc(OC(C)C)cc4)no3)n2)c1. The third kappa shape index (κ3) is 5.25. The first-order valence-electron chi connectivity index (χ1n) is 10.9. The van der Waals surface area contributed by atoms with Gasteiger partial charge in [0.1, 0.15) is 17.2 Å². The van der Waals surface area contributed by atoms with Crippen LogP contribution in [0.15, 0.2) is 63.9 Å². The van der Waals surface area contributed by atoms with Crippen molar-refractivity contribution in [2.24, 2.45) is 0 Å². The second kappa shape index (κ2) is 10.2. The van der Waals surface area contributed by atoms with E-state index in [1.807, 2.05) is 44.2 Å². The number of ether oxygens (including phenoxy) is 3. The minimum atomic E-state index is -0.230. The van der Waals surface area contributed by atoms with Crippen molar-refractivity contribution in [1.82, 2.24) is 19.9 Å². The van der Waals surface area contributed by atoms with Crippen LogP contribution in [0.4, 0.5) is 0 Å². The Hall–Kier alpha value is -4.14. The molecule has 2 aromatic carbocycles. The Balaban J connectivity index is 1.50. The van der Waals surface area contributed by atoms with Crippen LogP contribution < -0.4 is 19.8 Å². The molecule has 0 saturated carbocycles. The molecule has 9 heteroatoms. The predicted octanol–water partition coefficient (Wildman–Crippen LogP) is 4.01. The first kappa shape index (κ1) is 23.0. The highest BCUT2D eigenvalue weighted by Crippen LogP contribution is 2.31. The molecule has 0 saturated heterocycles. The zero-order valence-electron chi connectivity index (χ0n) is 19.5. The summed E-state index contributed by atoms with van der Waals surface area (Å²) in [6.07, 6.45) is 0.454. The van der Waals surface area contributed by atoms with E-state index >= 15 is 0 Å². The number of methoxy groups -OCH3 is 2. The molecule has 176 valence electrons. The van der Waals surface area contributed by atoms with Crippen molar-refractivity contribution in [2.45, 2.75) is 32.9 Å². The fraction of sp³-hybridized carbons (Fsp3) is 0.280. The van der Waals surface area contributed by atoms with Gasteiger partial charge in [0, 0.05) is 23.6 Å². The van der Waals surface area contributed by atoms with E-state index in [1.165, 1.54) is 10.7 Å². The van der Waals surface area contributed by atoms with Crippen LogP contribution in [-0.4, -0.2) is 40.2 Å². The number of hydrogen-bond acceptors (Lipinski definition) is 8. The molecular weight excluding hydrogens is 436 g/mol. The van der Waals surface area contributed by atoms with Gasteiger partial charge in [-0.15, -0.1) is 0 Å². The van der Waals surface area contributed by atoms with Gasteiger partial charge in [0.2, 0.25) is 11.7 Å². The van der Waals surface area contributed by atoms with E-state index in [9.17, 15) is 4.79 Å². The van der Waals surface area contributed by atoms with Gasteiger partial charge in [-0.3, -0.25) is 4.79 Å². The summed E-state index contributed by atoms with van der Waals surface area (Å²) in [5, 5.41) is 8.56. The van der Waals surface area contributed by atoms with Crippen LogP contribution in [-0.2, 0) is 13.0 Å². The summed E-state index contributed by atoms with van der Waals surface area (Å²) in [5.74, 6) is 2.96. The van der Waals surface area contributed by atoms with Crippen LogP contribution in [0.25, 0.3) is 22.6 Å². The van der Waals surface area contributed by atoms with Gasteiger partial charge in [0.25, 0.3) is 5.56 Å². The van der Waals surface area contributed by atoms with Gasteiger partial charge in [-0.05, 0) is 62.4 Å². The van der Waals surface area contributed by atoms with E-state index in [-0.39, 0.29) is 18.2 Å². The van der Waals surface area contributed by atoms with Crippen LogP contribution in [0.2, 0.25) is 0 Å². The molecule has 2 heterocycles. The van der Waals surface area contributed by atoms with E-state index in [0.717, 1.165) is 16.9 Å². The zero-order chi connectivity index (χ0) is 24.1. The first-order chi connectivity index (χ1) is 16.5. The molecule has 4 rings (SSSR count). The van der Waals surface area contributed by atoms with Gasteiger partial charge in [-0.2, -0.15) is 10.1 Å². The van der Waals surface area contributed by atoms with E-state index < -0.39 is 0 Å². The van der Waals surface area contributed by atoms with Crippen molar-refractivity contribution in [3.63, 3.8) is 0 Å². The number of aromatic nitrogens is 4. The Bertz CT molecular complexity index is 1310. The van der Waals surface area contributed by atoms with Gasteiger partial charge < -0.3 is 18.7 Å². The molecule has 0 aliphatic carbocycles. The fourth-order valence-corrected chi connectivity index (χ4v) is 3.40. The molecule has 4 aromatic rings. The molecule has 0 fully saturated rings. The Morgan fingerprint density at radius 3 is 2.44 bits per heavy atom. The van der Waals surface area contributed by atoms with Crippen LogP contribution in [0.5, 0.6) is 17.2 Å². The number of hydrogen-bond donors (Lipinski definition) is 0. The third-order valence-corrected chi connectivity index (χ3v) is 5.04. The molecule has 0 aliphatic heterocycles. The number of aryl methyl sites for hydroxylation is 2. The average Bonchev–Trinajstić information content (AvgIpc) is 3.32. The normalized spacial score (nSPS) is 11.0. The molecule has 0 spiro atoms. The summed E-state index contributed by atoms with van der Waals surface area (Å²) in [4.78, 5) is 16.9. The molecule has 0 radical (unpaired) electrons. The van der Waals surface area contributed by atoms with E-state index in [4.69, 9.17) is 18.7 Å². The van der Waals surface area contributed by atoms with E-state index in [0.29, 0.717) is 35.3 Å². The Kier molecular flexibility index (Phi) is 6.91. The van der Waals surface area contributed by atoms with E-state index in [1.54, 1.807) is 32.4 Å². The molecule has 0 atom stereocenters. The average molecular weight is 463 g/mol. The minimum Gasteiger partial charge on any atom is -0.497 e. The zero-order valence-corrected chi connectivity index (χ0v) is 19.5. The van der Waals surface area contributed by atoms with Crippen molar-refractivity contribution in [1.29, 1.82) is 0 Å². The van der Waals surface area contributed by atoms with Gasteiger partial charge in [0.15, 0.2) is 0 Å². The highest BCUT2D eigenvalue weighted by atomic mass is 16.5. The highest BCUT2D eigenvalue weighted by molar-refractivity contribution is 5.68. The van der Waals surface area contributed by atoms with Crippen LogP contribution in [0, 0.1) is 0 Å². The molecule has 0 N–H and O–H groups in total. The maximum Gasteiger partial charge on any atom is 0.266 e. The van der Waals surface area contributed by atoms with Gasteiger partial charge in [-0.1, -0.05) is 5.16 Å². The van der Waals surface area contributed by atoms with Crippen LogP contribution >= 0.6 is 0 Å². The topological polar surface area (TPSA) is 102 Å². The summed E-state index contributed by atoms with van der Waals surface area (Å²) in [5.41, 5.74) is 1.89. The fourth-order valence-electron chi connectivity index (χ4n) is 3.40. The summed E-state index contributed by atoms with van der Waals surface area (Å²) in [6, 6.07) is 16.0. The molecule has 0 unspecified atom stereocenters. The molecule has 0 amide bonds. The molecule has 0 bridgehead atoms. The van der Waals surface area contributed by atoms with Gasteiger partial charge in [0.05, 0.1) is 32.6 Å². The maximum absolute atomic E-state index is 12.4. The smallest absolute Gasteiger partial charge is 0.266 e. The quantitative estimate of drug-likeness (QED) is 0.368. The Morgan fingerprint density at radius 2 is 1.74 bits per heavy atom. The van der Waals surface area contributed by atoms with Gasteiger partial charge >= 0.3 is 0 Å². The van der Waals surface area contributed by atoms with Crippen LogP contribution in [0.3, 0.4) is 0 Å². The second-order valence-electron chi connectivity index (χ2n) is 7.80. The third-order valence-electron chi connectivity index (χ3n) is 5.04. The van der Waals surface area contributed by atoms with Crippen molar-refractivity contribution in [2.75, 3.05) is 14.2 Å². The lowest BCUT2D eigenvalue weighted by Crippen LogP contribution is -2.23. The molecule has 2 aromatic heterocycles. The maximum atomic E-state index is 12.4. The number of rotatable bonds is 9. The second-order valence-corrected chi connectivity index (χ2v) is 7.80. The lowest BCUT2D eigenvalue weighted by Gasteiger charge is -2.11. The minimum absolute atomic E-state index is 0.100. The van der Waals surface area contributed by atoms with Crippen molar-refractivity contribution < 1.29 is 18.7 Å². The van der Waals surface area contributed by atoms with Crippen molar-refractivity contribution in [3.8, 4) is 39.9 Å². The largest absolute Gasteiger partial charge is 0.497 e. The Morgan fingerprint density at radius 1 is 0.971 bits per heavy atom. The molecular formula is C25H26N4O5. The summed E-state index contributed by atoms with van der Waals surface area (Å²) in [7, 11) is 3.17. The monoisotopic (exact) mass is 462 g/mol. The Labute approximate surface area is 196 Å². The molecule has 9 nitrogen and oxygen atoms in total. The molecule has 34 heavy (non-hydrogen) atoms. The predicted molar refractivity (Wildman–Crippen MR) is 126 cm³/mol. The lowest BCUT2D eigenvalue weighted by atomic mass is 10.1. The summed E-state index contributed by atoms with van der Waals surface area (Å²) in [6.45, 7) is 4.23. The standard InChI is InChI=1S/C25H26N4O5/c1-16(2)33-18-7-5-17(6-8-18)25-26-23(34-28-25)13-14-29-24(30)12-10-21(27-29)20-15-19(31-3)9-11-22(20)32-4/h5-12,15-16H,13-14H2,1-4H3. The summed E-state index contributed by atoms with van der Waals surface area (Å²) >= 11 is 0. The molecule has 0 aliphatic rings. The van der Waals surface area contributed by atoms with Gasteiger partial charge in [-0.25, -0.2) is 4.68 Å². The van der Waals surface area contributed by atoms with Crippen molar-refractivity contribution >= 4 is 0 Å².